The van der Waals surface area contributed by atoms with Crippen LogP contribution in [0.1, 0.15) is 46.0 Å². The molecule has 0 saturated heterocycles. The highest BCUT2D eigenvalue weighted by atomic mass is 32.2. The Bertz CT molecular complexity index is 420. The van der Waals surface area contributed by atoms with Gasteiger partial charge in [-0.1, -0.05) is 19.8 Å². The van der Waals surface area contributed by atoms with Crippen LogP contribution < -0.4 is 4.72 Å². The summed E-state index contributed by atoms with van der Waals surface area (Å²) in [6.45, 7) is 4.18. The number of hydrogen-bond donors (Lipinski definition) is 1. The monoisotopic (exact) mass is 323 g/mol. The number of ether oxygens (including phenoxy) is 2. The molecule has 7 nitrogen and oxygen atoms in total. The van der Waals surface area contributed by atoms with Crippen LogP contribution in [0.25, 0.3) is 0 Å². The molecule has 0 aromatic rings. The molecule has 1 atom stereocenters. The lowest BCUT2D eigenvalue weighted by Crippen LogP contribution is -2.41. The van der Waals surface area contributed by atoms with Gasteiger partial charge >= 0.3 is 11.9 Å². The topological polar surface area (TPSA) is 98.8 Å². The van der Waals surface area contributed by atoms with Crippen LogP contribution in [0.4, 0.5) is 0 Å². The number of esters is 2. The fourth-order valence-corrected chi connectivity index (χ4v) is 2.33. The van der Waals surface area contributed by atoms with Gasteiger partial charge in [-0.25, -0.2) is 13.1 Å². The van der Waals surface area contributed by atoms with Gasteiger partial charge in [0.1, 0.15) is 6.04 Å². The van der Waals surface area contributed by atoms with Crippen LogP contribution >= 0.6 is 0 Å². The molecule has 0 amide bonds. The average molecular weight is 323 g/mol. The minimum atomic E-state index is -3.57. The Labute approximate surface area is 126 Å². The second-order valence-electron chi connectivity index (χ2n) is 4.66. The van der Waals surface area contributed by atoms with Crippen molar-refractivity contribution >= 4 is 22.0 Å². The van der Waals surface area contributed by atoms with Crippen molar-refractivity contribution in [3.05, 3.63) is 0 Å². The molecule has 124 valence electrons. The molecule has 21 heavy (non-hydrogen) atoms. The van der Waals surface area contributed by atoms with Gasteiger partial charge in [-0.05, 0) is 19.8 Å². The largest absolute Gasteiger partial charge is 0.466 e. The van der Waals surface area contributed by atoms with Crippen LogP contribution in [-0.2, 0) is 29.1 Å². The molecule has 0 fully saturated rings. The highest BCUT2D eigenvalue weighted by Crippen LogP contribution is 2.05. The van der Waals surface area contributed by atoms with E-state index in [1.807, 2.05) is 6.92 Å². The quantitative estimate of drug-likeness (QED) is 0.449. The summed E-state index contributed by atoms with van der Waals surface area (Å²) in [4.78, 5) is 23.1. The Kier molecular flexibility index (Phi) is 9.98. The van der Waals surface area contributed by atoms with Crippen molar-refractivity contribution in [1.29, 1.82) is 0 Å². The van der Waals surface area contributed by atoms with Crippen LogP contribution in [0.5, 0.6) is 0 Å². The van der Waals surface area contributed by atoms with E-state index in [1.54, 1.807) is 6.92 Å². The van der Waals surface area contributed by atoms with Crippen molar-refractivity contribution in [1.82, 2.24) is 4.72 Å². The molecule has 1 unspecified atom stereocenters. The third kappa shape index (κ3) is 11.2. The summed E-state index contributed by atoms with van der Waals surface area (Å²) in [5.74, 6) is -1.14. The molecule has 0 aliphatic carbocycles. The van der Waals surface area contributed by atoms with Gasteiger partial charge in [-0.15, -0.1) is 0 Å². The summed E-state index contributed by atoms with van der Waals surface area (Å²) in [5.41, 5.74) is 0. The maximum absolute atomic E-state index is 11.9. The van der Waals surface area contributed by atoms with Gasteiger partial charge in [-0.2, -0.15) is 0 Å². The van der Waals surface area contributed by atoms with Crippen molar-refractivity contribution in [2.45, 2.75) is 52.0 Å². The summed E-state index contributed by atoms with van der Waals surface area (Å²) in [6, 6.07) is -1.06. The van der Waals surface area contributed by atoms with E-state index in [0.29, 0.717) is 0 Å². The first-order valence-corrected chi connectivity index (χ1v) is 8.98. The fraction of sp³-hybridized carbons (Fsp3) is 0.846. The Hall–Kier alpha value is -1.15. The second-order valence-corrected chi connectivity index (χ2v) is 6.44. The molecule has 8 heteroatoms. The van der Waals surface area contributed by atoms with Crippen LogP contribution in [0.3, 0.4) is 0 Å². The summed E-state index contributed by atoms with van der Waals surface area (Å²) >= 11 is 0. The average Bonchev–Trinajstić information content (AvgIpc) is 2.38. The van der Waals surface area contributed by atoms with E-state index in [0.717, 1.165) is 25.5 Å². The van der Waals surface area contributed by atoms with Gasteiger partial charge in [0.25, 0.3) is 0 Å². The molecule has 0 spiro atoms. The van der Waals surface area contributed by atoms with Crippen molar-refractivity contribution in [3.63, 3.8) is 0 Å². The van der Waals surface area contributed by atoms with Gasteiger partial charge < -0.3 is 9.47 Å². The van der Waals surface area contributed by atoms with Gasteiger partial charge in [0, 0.05) is 6.42 Å². The van der Waals surface area contributed by atoms with E-state index in [1.165, 1.54) is 0 Å². The zero-order valence-corrected chi connectivity index (χ0v) is 13.7. The van der Waals surface area contributed by atoms with Gasteiger partial charge in [0.2, 0.25) is 10.0 Å². The first-order chi connectivity index (χ1) is 9.80. The fourth-order valence-electron chi connectivity index (χ4n) is 1.60. The number of carbonyl (C=O) groups is 2. The lowest BCUT2D eigenvalue weighted by atomic mass is 10.2. The summed E-state index contributed by atoms with van der Waals surface area (Å²) in [7, 11) is -3.57. The molecule has 0 radical (unpaired) electrons. The van der Waals surface area contributed by atoms with E-state index in [4.69, 9.17) is 9.47 Å². The number of nitrogens with one attached hydrogen (secondary N) is 1. The first kappa shape index (κ1) is 19.9. The van der Waals surface area contributed by atoms with E-state index in [2.05, 4.69) is 4.72 Å². The van der Waals surface area contributed by atoms with Crippen LogP contribution in [0.2, 0.25) is 0 Å². The van der Waals surface area contributed by atoms with E-state index in [-0.39, 0.29) is 26.1 Å². The number of hydrogen-bond acceptors (Lipinski definition) is 6. The summed E-state index contributed by atoms with van der Waals surface area (Å²) in [5, 5.41) is 0. The van der Waals surface area contributed by atoms with Crippen molar-refractivity contribution in [2.24, 2.45) is 0 Å². The Morgan fingerprint density at radius 3 is 2.33 bits per heavy atom. The lowest BCUT2D eigenvalue weighted by Gasteiger charge is -2.16. The maximum Gasteiger partial charge on any atom is 0.324 e. The van der Waals surface area contributed by atoms with Gasteiger partial charge in [0.05, 0.1) is 19.5 Å². The Balaban J connectivity index is 4.43. The normalized spacial score (nSPS) is 12.7. The molecule has 0 aliphatic rings. The first-order valence-electron chi connectivity index (χ1n) is 7.09. The lowest BCUT2D eigenvalue weighted by molar-refractivity contribution is -0.147. The van der Waals surface area contributed by atoms with Gasteiger partial charge in [0.15, 0.2) is 0 Å². The van der Waals surface area contributed by atoms with Crippen LogP contribution in [0, 0.1) is 0 Å². The minimum absolute atomic E-state index is 0.0124. The number of rotatable bonds is 11. The molecule has 0 aromatic carbocycles. The van der Waals surface area contributed by atoms with Crippen molar-refractivity contribution in [2.75, 3.05) is 19.5 Å². The molecular formula is C13H25NO6S. The van der Waals surface area contributed by atoms with Crippen molar-refractivity contribution < 1.29 is 27.5 Å². The third-order valence-electron chi connectivity index (χ3n) is 2.58. The third-order valence-corrected chi connectivity index (χ3v) is 3.29. The molecule has 0 rings (SSSR count). The molecule has 0 bridgehead atoms. The van der Waals surface area contributed by atoms with Crippen LogP contribution in [0.15, 0.2) is 0 Å². The smallest absolute Gasteiger partial charge is 0.324 e. The number of carbonyl (C=O) groups excluding carboxylic acids is 2. The summed E-state index contributed by atoms with van der Waals surface area (Å²) < 4.78 is 34.5. The number of sulfonamides is 1. The predicted octanol–water partition coefficient (Wildman–Crippen LogP) is 0.981. The Morgan fingerprint density at radius 1 is 1.14 bits per heavy atom. The zero-order valence-electron chi connectivity index (χ0n) is 12.9. The van der Waals surface area contributed by atoms with Crippen molar-refractivity contribution in [3.8, 4) is 0 Å². The van der Waals surface area contributed by atoms with Gasteiger partial charge in [-0.3, -0.25) is 9.59 Å². The van der Waals surface area contributed by atoms with E-state index >= 15 is 0 Å². The molecule has 0 heterocycles. The number of unbranched alkanes of at least 4 members (excludes halogenated alkanes) is 2. The molecule has 0 aromatic heterocycles. The summed E-state index contributed by atoms with van der Waals surface area (Å²) in [6.07, 6.45) is 3.57. The maximum atomic E-state index is 11.9. The molecular weight excluding hydrogens is 298 g/mol. The standard InChI is InChI=1S/C13H25NO6S/c1-4-6-7-10-20-13(16)11(14-21(3,17)18)8-9-12(15)19-5-2/h11,14H,4-10H2,1-3H3. The van der Waals surface area contributed by atoms with E-state index in [9.17, 15) is 18.0 Å². The van der Waals surface area contributed by atoms with Crippen LogP contribution in [-0.4, -0.2) is 45.9 Å². The predicted molar refractivity (Wildman–Crippen MR) is 78.1 cm³/mol. The zero-order chi connectivity index (χ0) is 16.3. The highest BCUT2D eigenvalue weighted by molar-refractivity contribution is 7.88. The minimum Gasteiger partial charge on any atom is -0.466 e. The SMILES string of the molecule is CCCCCOC(=O)C(CCC(=O)OCC)NS(C)(=O)=O. The Morgan fingerprint density at radius 2 is 1.81 bits per heavy atom. The molecule has 0 aliphatic heterocycles. The molecule has 0 saturated carbocycles. The second kappa shape index (κ2) is 10.6. The highest BCUT2D eigenvalue weighted by Gasteiger charge is 2.24. The van der Waals surface area contributed by atoms with E-state index < -0.39 is 28.0 Å². The molecule has 1 N–H and O–H groups in total.